The maximum Gasteiger partial charge on any atom is 0.236 e. The first kappa shape index (κ1) is 15.0. The van der Waals surface area contributed by atoms with Gasteiger partial charge in [-0.05, 0) is 25.2 Å². The number of halogens is 1. The molecular formula is C13H24BrNO2. The van der Waals surface area contributed by atoms with E-state index in [-0.39, 0.29) is 16.8 Å². The van der Waals surface area contributed by atoms with Gasteiger partial charge in [0.1, 0.15) is 0 Å². The Morgan fingerprint density at radius 1 is 1.53 bits per heavy atom. The van der Waals surface area contributed by atoms with Crippen LogP contribution >= 0.6 is 15.9 Å². The van der Waals surface area contributed by atoms with E-state index in [1.807, 2.05) is 4.90 Å². The van der Waals surface area contributed by atoms with E-state index in [0.717, 1.165) is 39.0 Å². The number of ether oxygens (including phenoxy) is 1. The topological polar surface area (TPSA) is 29.5 Å². The van der Waals surface area contributed by atoms with E-state index in [4.69, 9.17) is 4.74 Å². The van der Waals surface area contributed by atoms with Crippen LogP contribution in [0.25, 0.3) is 0 Å². The molecule has 0 saturated carbocycles. The summed E-state index contributed by atoms with van der Waals surface area (Å²) in [6.07, 6.45) is 3.41. The van der Waals surface area contributed by atoms with Gasteiger partial charge in [-0.3, -0.25) is 4.79 Å². The van der Waals surface area contributed by atoms with Crippen molar-refractivity contribution in [3.05, 3.63) is 0 Å². The zero-order valence-corrected chi connectivity index (χ0v) is 12.7. The zero-order valence-electron chi connectivity index (χ0n) is 11.1. The van der Waals surface area contributed by atoms with Crippen LogP contribution in [-0.2, 0) is 9.53 Å². The van der Waals surface area contributed by atoms with Crippen LogP contribution in [0.2, 0.25) is 0 Å². The van der Waals surface area contributed by atoms with Crippen molar-refractivity contribution in [2.45, 2.75) is 51.0 Å². The van der Waals surface area contributed by atoms with Gasteiger partial charge in [-0.25, -0.2) is 0 Å². The van der Waals surface area contributed by atoms with Crippen molar-refractivity contribution >= 4 is 21.8 Å². The Balaban J connectivity index is 2.45. The predicted octanol–water partition coefficient (Wildman–Crippen LogP) is 2.82. The van der Waals surface area contributed by atoms with Crippen LogP contribution in [0.1, 0.15) is 40.0 Å². The third kappa shape index (κ3) is 4.59. The average molecular weight is 306 g/mol. The van der Waals surface area contributed by atoms with E-state index < -0.39 is 0 Å². The molecule has 0 aromatic carbocycles. The fraction of sp³-hybridized carbons (Fsp3) is 0.923. The highest BCUT2D eigenvalue weighted by molar-refractivity contribution is 9.10. The molecule has 1 rings (SSSR count). The van der Waals surface area contributed by atoms with Gasteiger partial charge in [-0.2, -0.15) is 0 Å². The second-order valence-electron chi connectivity index (χ2n) is 5.07. The molecule has 0 radical (unpaired) electrons. The van der Waals surface area contributed by atoms with E-state index >= 15 is 0 Å². The minimum Gasteiger partial charge on any atom is -0.376 e. The molecule has 0 spiro atoms. The maximum atomic E-state index is 12.2. The number of carbonyl (C=O) groups excluding carboxylic acids is 1. The van der Waals surface area contributed by atoms with E-state index in [9.17, 15) is 4.79 Å². The molecular weight excluding hydrogens is 282 g/mol. The van der Waals surface area contributed by atoms with Gasteiger partial charge in [-0.15, -0.1) is 0 Å². The molecule has 1 fully saturated rings. The van der Waals surface area contributed by atoms with Gasteiger partial charge >= 0.3 is 0 Å². The van der Waals surface area contributed by atoms with Crippen molar-refractivity contribution in [3.63, 3.8) is 0 Å². The highest BCUT2D eigenvalue weighted by atomic mass is 79.9. The van der Waals surface area contributed by atoms with Crippen molar-refractivity contribution in [2.24, 2.45) is 5.92 Å². The van der Waals surface area contributed by atoms with Gasteiger partial charge < -0.3 is 9.64 Å². The molecule has 4 heteroatoms. The fourth-order valence-corrected chi connectivity index (χ4v) is 2.31. The Bertz CT molecular complexity index is 246. The Kier molecular flexibility index (Phi) is 6.49. The lowest BCUT2D eigenvalue weighted by Gasteiger charge is -2.34. The van der Waals surface area contributed by atoms with Gasteiger partial charge in [0.15, 0.2) is 0 Å². The third-order valence-electron chi connectivity index (χ3n) is 3.07. The van der Waals surface area contributed by atoms with E-state index in [1.54, 1.807) is 0 Å². The number of alkyl halides is 1. The molecule has 0 aromatic heterocycles. The lowest BCUT2D eigenvalue weighted by Crippen LogP contribution is -2.47. The first-order valence-electron chi connectivity index (χ1n) is 6.60. The number of hydrogen-bond acceptors (Lipinski definition) is 2. The molecule has 0 aliphatic carbocycles. The van der Waals surface area contributed by atoms with Gasteiger partial charge in [-0.1, -0.05) is 36.7 Å². The Labute approximate surface area is 113 Å². The van der Waals surface area contributed by atoms with Crippen molar-refractivity contribution in [3.8, 4) is 0 Å². The Morgan fingerprint density at radius 2 is 2.24 bits per heavy atom. The van der Waals surface area contributed by atoms with Crippen LogP contribution in [0.4, 0.5) is 0 Å². The molecule has 1 amide bonds. The first-order chi connectivity index (χ1) is 8.06. The summed E-state index contributed by atoms with van der Waals surface area (Å²) in [6, 6.07) is 0. The summed E-state index contributed by atoms with van der Waals surface area (Å²) in [5, 5.41) is 0. The number of rotatable bonds is 5. The molecule has 0 aromatic rings. The molecule has 1 saturated heterocycles. The number of amides is 1. The zero-order chi connectivity index (χ0) is 12.8. The SMILES string of the molecule is CCCOC1CCCN(C(=O)C(Br)C(C)C)C1. The van der Waals surface area contributed by atoms with Crippen LogP contribution in [0.15, 0.2) is 0 Å². The summed E-state index contributed by atoms with van der Waals surface area (Å²) in [7, 11) is 0. The highest BCUT2D eigenvalue weighted by Gasteiger charge is 2.29. The minimum absolute atomic E-state index is 0.0626. The van der Waals surface area contributed by atoms with E-state index in [1.165, 1.54) is 0 Å². The lowest BCUT2D eigenvalue weighted by molar-refractivity contribution is -0.135. The van der Waals surface area contributed by atoms with Gasteiger partial charge in [0.05, 0.1) is 10.9 Å². The quantitative estimate of drug-likeness (QED) is 0.731. The van der Waals surface area contributed by atoms with Crippen molar-refractivity contribution in [2.75, 3.05) is 19.7 Å². The number of hydrogen-bond donors (Lipinski definition) is 0. The normalized spacial score (nSPS) is 22.9. The van der Waals surface area contributed by atoms with Gasteiger partial charge in [0, 0.05) is 19.7 Å². The van der Waals surface area contributed by atoms with Crippen LogP contribution in [0, 0.1) is 5.92 Å². The second-order valence-corrected chi connectivity index (χ2v) is 6.05. The van der Waals surface area contributed by atoms with E-state index in [0.29, 0.717) is 5.92 Å². The number of carbonyl (C=O) groups is 1. The molecule has 0 N–H and O–H groups in total. The molecule has 100 valence electrons. The van der Waals surface area contributed by atoms with Crippen LogP contribution in [0.5, 0.6) is 0 Å². The highest BCUT2D eigenvalue weighted by Crippen LogP contribution is 2.20. The molecule has 1 heterocycles. The predicted molar refractivity (Wildman–Crippen MR) is 73.4 cm³/mol. The standard InChI is InChI=1S/C13H24BrNO2/c1-4-8-17-11-6-5-7-15(9-11)13(16)12(14)10(2)3/h10-12H,4-9H2,1-3H3. The minimum atomic E-state index is -0.0626. The largest absolute Gasteiger partial charge is 0.376 e. The van der Waals surface area contributed by atoms with Gasteiger partial charge in [0.25, 0.3) is 0 Å². The summed E-state index contributed by atoms with van der Waals surface area (Å²) in [5.74, 6) is 0.546. The van der Waals surface area contributed by atoms with E-state index in [2.05, 4.69) is 36.7 Å². The molecule has 2 unspecified atom stereocenters. The Hall–Kier alpha value is -0.0900. The summed E-state index contributed by atoms with van der Waals surface area (Å²) in [4.78, 5) is 14.1. The van der Waals surface area contributed by atoms with Crippen LogP contribution < -0.4 is 0 Å². The number of nitrogens with zero attached hydrogens (tertiary/aromatic N) is 1. The van der Waals surface area contributed by atoms with Gasteiger partial charge in [0.2, 0.25) is 5.91 Å². The third-order valence-corrected chi connectivity index (χ3v) is 4.52. The molecule has 17 heavy (non-hydrogen) atoms. The Morgan fingerprint density at radius 3 is 2.82 bits per heavy atom. The molecule has 3 nitrogen and oxygen atoms in total. The van der Waals surface area contributed by atoms with Crippen molar-refractivity contribution in [1.29, 1.82) is 0 Å². The van der Waals surface area contributed by atoms with Crippen molar-refractivity contribution in [1.82, 2.24) is 4.90 Å². The molecule has 1 aliphatic rings. The molecule has 0 bridgehead atoms. The molecule has 2 atom stereocenters. The maximum absolute atomic E-state index is 12.2. The van der Waals surface area contributed by atoms with Crippen LogP contribution in [-0.4, -0.2) is 41.4 Å². The summed E-state index contributed by atoms with van der Waals surface area (Å²) in [5.41, 5.74) is 0. The lowest BCUT2D eigenvalue weighted by atomic mass is 10.1. The van der Waals surface area contributed by atoms with Crippen molar-refractivity contribution < 1.29 is 9.53 Å². The van der Waals surface area contributed by atoms with Crippen LogP contribution in [0.3, 0.4) is 0 Å². The monoisotopic (exact) mass is 305 g/mol. The smallest absolute Gasteiger partial charge is 0.236 e. The first-order valence-corrected chi connectivity index (χ1v) is 7.52. The summed E-state index contributed by atoms with van der Waals surface area (Å²) < 4.78 is 5.74. The summed E-state index contributed by atoms with van der Waals surface area (Å²) >= 11 is 3.48. The second kappa shape index (κ2) is 7.37. The molecule has 1 aliphatic heterocycles. The summed E-state index contributed by atoms with van der Waals surface area (Å²) in [6.45, 7) is 8.67. The number of likely N-dealkylation sites (tertiary alicyclic amines) is 1. The number of piperidine rings is 1. The average Bonchev–Trinajstić information content (AvgIpc) is 2.34. The fourth-order valence-electron chi connectivity index (χ4n) is 2.02.